The predicted octanol–water partition coefficient (Wildman–Crippen LogP) is 5.73. The van der Waals surface area contributed by atoms with Crippen molar-refractivity contribution in [3.8, 4) is 11.5 Å². The van der Waals surface area contributed by atoms with Crippen molar-refractivity contribution in [2.45, 2.75) is 58.3 Å². The maximum Gasteiger partial charge on any atom is 0.220 e. The molecule has 1 rings (SSSR count). The summed E-state index contributed by atoms with van der Waals surface area (Å²) in [6, 6.07) is 4.71. The van der Waals surface area contributed by atoms with Gasteiger partial charge in [0, 0.05) is 13.0 Å². The zero-order valence-electron chi connectivity index (χ0n) is 17.5. The molecule has 1 aromatic carbocycles. The van der Waals surface area contributed by atoms with Gasteiger partial charge in [0.15, 0.2) is 11.5 Å². The van der Waals surface area contributed by atoms with Gasteiger partial charge in [-0.1, -0.05) is 61.6 Å². The number of amides is 1. The Kier molecular flexibility index (Phi) is 13.6. The number of aromatic hydroxyl groups is 2. The van der Waals surface area contributed by atoms with Crippen LogP contribution >= 0.6 is 0 Å². The van der Waals surface area contributed by atoms with Gasteiger partial charge in [0.2, 0.25) is 5.91 Å². The normalized spacial score (nSPS) is 12.0. The Bertz CT molecular complexity index is 702. The molecule has 0 fully saturated rings. The number of carbonyl (C=O) groups is 1. The lowest BCUT2D eigenvalue weighted by atomic mass is 10.1. The number of hydrogen-bond acceptors (Lipinski definition) is 3. The van der Waals surface area contributed by atoms with E-state index in [1.807, 2.05) is 0 Å². The topological polar surface area (TPSA) is 69.6 Å². The summed E-state index contributed by atoms with van der Waals surface area (Å²) in [5.74, 6) is -0.220. The van der Waals surface area contributed by atoms with Crippen molar-refractivity contribution >= 4 is 5.91 Å². The molecule has 0 radical (unpaired) electrons. The number of phenolic OH excluding ortho intramolecular Hbond substituents is 2. The molecule has 0 saturated carbocycles. The third-order valence-corrected chi connectivity index (χ3v) is 4.27. The first kappa shape index (κ1) is 24.3. The SMILES string of the molecule is CCC=CCC=CCC=CCC=CCCCC(=O)NCCc1ccc(O)c(O)c1. The Hall–Kier alpha value is -2.75. The molecule has 158 valence electrons. The molecule has 0 saturated heterocycles. The molecule has 0 unspecified atom stereocenters. The Balaban J connectivity index is 2.01. The lowest BCUT2D eigenvalue weighted by Gasteiger charge is -2.06. The maximum atomic E-state index is 11.8. The van der Waals surface area contributed by atoms with Crippen LogP contribution in [0.2, 0.25) is 0 Å². The van der Waals surface area contributed by atoms with Gasteiger partial charge in [0.05, 0.1) is 0 Å². The second kappa shape index (κ2) is 16.2. The molecule has 1 aromatic rings. The van der Waals surface area contributed by atoms with Crippen LogP contribution < -0.4 is 5.32 Å². The van der Waals surface area contributed by atoms with Crippen LogP contribution in [-0.4, -0.2) is 22.7 Å². The van der Waals surface area contributed by atoms with Crippen LogP contribution in [0.5, 0.6) is 11.5 Å². The number of hydrogen-bond donors (Lipinski definition) is 3. The minimum absolute atomic E-state index is 0.0434. The summed E-state index contributed by atoms with van der Waals surface area (Å²) < 4.78 is 0. The van der Waals surface area contributed by atoms with Crippen LogP contribution in [0.15, 0.2) is 66.8 Å². The highest BCUT2D eigenvalue weighted by atomic mass is 16.3. The molecule has 0 aromatic heterocycles. The Labute approximate surface area is 175 Å². The van der Waals surface area contributed by atoms with E-state index in [9.17, 15) is 15.0 Å². The summed E-state index contributed by atoms with van der Waals surface area (Å²) in [4.78, 5) is 11.8. The molecule has 0 atom stereocenters. The van der Waals surface area contributed by atoms with Crippen molar-refractivity contribution in [1.29, 1.82) is 0 Å². The Morgan fingerprint density at radius 2 is 1.52 bits per heavy atom. The minimum Gasteiger partial charge on any atom is -0.504 e. The van der Waals surface area contributed by atoms with Gasteiger partial charge in [0.1, 0.15) is 0 Å². The number of allylic oxidation sites excluding steroid dienone is 8. The molecule has 0 bridgehead atoms. The fraction of sp³-hybridized carbons (Fsp3) is 0.400. The minimum atomic E-state index is -0.133. The third kappa shape index (κ3) is 13.1. The molecule has 0 aliphatic carbocycles. The fourth-order valence-corrected chi connectivity index (χ4v) is 2.64. The molecular formula is C25H35NO3. The van der Waals surface area contributed by atoms with E-state index < -0.39 is 0 Å². The van der Waals surface area contributed by atoms with E-state index in [2.05, 4.69) is 60.8 Å². The van der Waals surface area contributed by atoms with Gasteiger partial charge in [-0.15, -0.1) is 0 Å². The second-order valence-corrected chi connectivity index (χ2v) is 6.82. The number of carbonyl (C=O) groups excluding carboxylic acids is 1. The van der Waals surface area contributed by atoms with Crippen LogP contribution in [0.25, 0.3) is 0 Å². The summed E-state index contributed by atoms with van der Waals surface area (Å²) in [5.41, 5.74) is 0.875. The third-order valence-electron chi connectivity index (χ3n) is 4.27. The van der Waals surface area contributed by atoms with Gasteiger partial charge in [-0.2, -0.15) is 0 Å². The summed E-state index contributed by atoms with van der Waals surface area (Å²) >= 11 is 0. The average Bonchev–Trinajstić information content (AvgIpc) is 2.71. The van der Waals surface area contributed by atoms with Crippen molar-refractivity contribution in [2.24, 2.45) is 0 Å². The molecule has 3 N–H and O–H groups in total. The zero-order valence-corrected chi connectivity index (χ0v) is 17.5. The molecular weight excluding hydrogens is 362 g/mol. The lowest BCUT2D eigenvalue weighted by molar-refractivity contribution is -0.121. The van der Waals surface area contributed by atoms with Crippen molar-refractivity contribution in [2.75, 3.05) is 6.54 Å². The summed E-state index contributed by atoms with van der Waals surface area (Å²) in [6.07, 6.45) is 24.2. The summed E-state index contributed by atoms with van der Waals surface area (Å²) in [7, 11) is 0. The largest absolute Gasteiger partial charge is 0.504 e. The van der Waals surface area contributed by atoms with Crippen molar-refractivity contribution in [3.63, 3.8) is 0 Å². The van der Waals surface area contributed by atoms with Gasteiger partial charge >= 0.3 is 0 Å². The Morgan fingerprint density at radius 1 is 0.897 bits per heavy atom. The van der Waals surface area contributed by atoms with Crippen LogP contribution in [0, 0.1) is 0 Å². The van der Waals surface area contributed by atoms with Crippen molar-refractivity contribution < 1.29 is 15.0 Å². The smallest absolute Gasteiger partial charge is 0.220 e. The molecule has 0 heterocycles. The van der Waals surface area contributed by atoms with Gasteiger partial charge in [-0.3, -0.25) is 4.79 Å². The molecule has 0 aliphatic rings. The second-order valence-electron chi connectivity index (χ2n) is 6.82. The van der Waals surface area contributed by atoms with E-state index in [1.165, 1.54) is 12.1 Å². The highest BCUT2D eigenvalue weighted by Gasteiger charge is 2.03. The first-order valence-electron chi connectivity index (χ1n) is 10.5. The highest BCUT2D eigenvalue weighted by Crippen LogP contribution is 2.24. The van der Waals surface area contributed by atoms with Crippen molar-refractivity contribution in [1.82, 2.24) is 5.32 Å². The van der Waals surface area contributed by atoms with E-state index in [4.69, 9.17) is 0 Å². The summed E-state index contributed by atoms with van der Waals surface area (Å²) in [6.45, 7) is 2.66. The zero-order chi connectivity index (χ0) is 21.2. The first-order valence-corrected chi connectivity index (χ1v) is 10.5. The van der Waals surface area contributed by atoms with E-state index in [0.29, 0.717) is 19.4 Å². The van der Waals surface area contributed by atoms with Gasteiger partial charge < -0.3 is 15.5 Å². The monoisotopic (exact) mass is 397 g/mol. The van der Waals surface area contributed by atoms with Gasteiger partial charge in [-0.05, 0) is 62.6 Å². The van der Waals surface area contributed by atoms with Gasteiger partial charge in [0.25, 0.3) is 0 Å². The standard InChI is InChI=1S/C25H35NO3/c1-2-3-4-5-6-7-8-9-10-11-12-13-14-15-16-25(29)26-20-19-22-17-18-23(27)24(28)21-22/h3-4,6-7,9-10,12-13,17-18,21,27-28H,2,5,8,11,14-16,19-20H2,1H3,(H,26,29). The predicted molar refractivity (Wildman–Crippen MR) is 121 cm³/mol. The van der Waals surface area contributed by atoms with Crippen LogP contribution in [0.1, 0.15) is 57.4 Å². The molecule has 0 aliphatic heterocycles. The molecule has 29 heavy (non-hydrogen) atoms. The fourth-order valence-electron chi connectivity index (χ4n) is 2.64. The molecule has 4 heteroatoms. The first-order chi connectivity index (χ1) is 14.1. The lowest BCUT2D eigenvalue weighted by Crippen LogP contribution is -2.25. The molecule has 4 nitrogen and oxygen atoms in total. The highest BCUT2D eigenvalue weighted by molar-refractivity contribution is 5.75. The molecule has 1 amide bonds. The van der Waals surface area contributed by atoms with E-state index in [-0.39, 0.29) is 17.4 Å². The van der Waals surface area contributed by atoms with E-state index >= 15 is 0 Å². The summed E-state index contributed by atoms with van der Waals surface area (Å²) in [5, 5.41) is 21.6. The quantitative estimate of drug-likeness (QED) is 0.213. The van der Waals surface area contributed by atoms with Crippen LogP contribution in [0.3, 0.4) is 0 Å². The van der Waals surface area contributed by atoms with Gasteiger partial charge in [-0.25, -0.2) is 0 Å². The van der Waals surface area contributed by atoms with Crippen LogP contribution in [-0.2, 0) is 11.2 Å². The number of rotatable bonds is 14. The van der Waals surface area contributed by atoms with Crippen LogP contribution in [0.4, 0.5) is 0 Å². The Morgan fingerprint density at radius 3 is 2.14 bits per heavy atom. The maximum absolute atomic E-state index is 11.8. The average molecular weight is 398 g/mol. The van der Waals surface area contributed by atoms with Crippen molar-refractivity contribution in [3.05, 3.63) is 72.4 Å². The number of phenols is 2. The number of benzene rings is 1. The van der Waals surface area contributed by atoms with E-state index in [1.54, 1.807) is 6.07 Å². The van der Waals surface area contributed by atoms with E-state index in [0.717, 1.165) is 44.1 Å². The number of unbranched alkanes of at least 4 members (excludes halogenated alkanes) is 1. The molecule has 0 spiro atoms. The number of nitrogens with one attached hydrogen (secondary N) is 1.